The van der Waals surface area contributed by atoms with Crippen molar-refractivity contribution in [1.29, 1.82) is 0 Å². The number of nitrogens with two attached hydrogens (primary N) is 1. The smallest absolute Gasteiger partial charge is 0.240 e. The molecule has 0 aromatic carbocycles. The molecule has 0 radical (unpaired) electrons. The van der Waals surface area contributed by atoms with E-state index in [9.17, 15) is 4.79 Å². The Bertz CT molecular complexity index is 408. The number of nitrogens with zero attached hydrogens (tertiary/aromatic N) is 2. The van der Waals surface area contributed by atoms with Crippen LogP contribution < -0.4 is 10.6 Å². The molecule has 0 bridgehead atoms. The first-order valence-corrected chi connectivity index (χ1v) is 5.58. The van der Waals surface area contributed by atoms with Crippen LogP contribution in [0.2, 0.25) is 0 Å². The molecule has 5 heteroatoms. The van der Waals surface area contributed by atoms with Gasteiger partial charge in [0.1, 0.15) is 11.9 Å². The van der Waals surface area contributed by atoms with Crippen molar-refractivity contribution in [3.63, 3.8) is 0 Å². The molecular formula is C10H12BrN3O. The van der Waals surface area contributed by atoms with E-state index < -0.39 is 0 Å². The third-order valence-corrected chi connectivity index (χ3v) is 3.21. The highest BCUT2D eigenvalue weighted by molar-refractivity contribution is 9.10. The summed E-state index contributed by atoms with van der Waals surface area (Å²) in [5, 5.41) is 0. The lowest BCUT2D eigenvalue weighted by molar-refractivity contribution is -0.120. The summed E-state index contributed by atoms with van der Waals surface area (Å²) >= 11 is 3.43. The van der Waals surface area contributed by atoms with Crippen molar-refractivity contribution in [1.82, 2.24) is 4.98 Å². The van der Waals surface area contributed by atoms with Crippen LogP contribution in [0.4, 0.5) is 5.82 Å². The fourth-order valence-electron chi connectivity index (χ4n) is 1.66. The van der Waals surface area contributed by atoms with Crippen LogP contribution in [-0.4, -0.2) is 23.5 Å². The second-order valence-corrected chi connectivity index (χ2v) is 4.51. The highest BCUT2D eigenvalue weighted by Gasteiger charge is 2.34. The fraction of sp³-hybridized carbons (Fsp3) is 0.400. The van der Waals surface area contributed by atoms with Gasteiger partial charge in [-0.1, -0.05) is 0 Å². The van der Waals surface area contributed by atoms with Crippen molar-refractivity contribution in [2.24, 2.45) is 5.73 Å². The minimum Gasteiger partial charge on any atom is -0.368 e. The van der Waals surface area contributed by atoms with Gasteiger partial charge >= 0.3 is 0 Å². The number of aromatic nitrogens is 1. The number of carbonyl (C=O) groups is 1. The van der Waals surface area contributed by atoms with Crippen LogP contribution in [0.5, 0.6) is 0 Å². The van der Waals surface area contributed by atoms with Crippen LogP contribution in [0, 0.1) is 6.92 Å². The summed E-state index contributed by atoms with van der Waals surface area (Å²) in [6.45, 7) is 2.76. The van der Waals surface area contributed by atoms with Crippen LogP contribution in [-0.2, 0) is 4.79 Å². The molecule has 2 N–H and O–H groups in total. The molecule has 1 aliphatic heterocycles. The molecule has 2 rings (SSSR count). The first kappa shape index (κ1) is 10.4. The number of pyridine rings is 1. The van der Waals surface area contributed by atoms with Crippen molar-refractivity contribution in [2.45, 2.75) is 19.4 Å². The van der Waals surface area contributed by atoms with E-state index in [1.165, 1.54) is 0 Å². The number of amides is 1. The quantitative estimate of drug-likeness (QED) is 0.878. The Labute approximate surface area is 96.6 Å². The van der Waals surface area contributed by atoms with E-state index in [1.807, 2.05) is 24.0 Å². The third kappa shape index (κ3) is 1.84. The number of rotatable bonds is 2. The first-order chi connectivity index (χ1) is 7.09. The number of aryl methyl sites for hydroxylation is 1. The van der Waals surface area contributed by atoms with Gasteiger partial charge in [0.2, 0.25) is 5.91 Å². The SMILES string of the molecule is Cc1ccc(Br)c(N2CCC2C(N)=O)n1. The highest BCUT2D eigenvalue weighted by atomic mass is 79.9. The van der Waals surface area contributed by atoms with Gasteiger partial charge in [0, 0.05) is 12.2 Å². The van der Waals surface area contributed by atoms with Gasteiger partial charge in [0.25, 0.3) is 0 Å². The standard InChI is InChI=1S/C10H12BrN3O/c1-6-2-3-7(11)10(13-6)14-5-4-8(14)9(12)15/h2-3,8H,4-5H2,1H3,(H2,12,15). The van der Waals surface area contributed by atoms with Gasteiger partial charge in [-0.25, -0.2) is 4.98 Å². The maximum absolute atomic E-state index is 11.1. The largest absolute Gasteiger partial charge is 0.368 e. The Hall–Kier alpha value is -1.10. The molecule has 1 unspecified atom stereocenters. The molecule has 1 aliphatic rings. The van der Waals surface area contributed by atoms with Crippen LogP contribution in [0.25, 0.3) is 0 Å². The van der Waals surface area contributed by atoms with Gasteiger partial charge in [0.15, 0.2) is 0 Å². The number of anilines is 1. The normalized spacial score (nSPS) is 19.9. The summed E-state index contributed by atoms with van der Waals surface area (Å²) in [4.78, 5) is 17.4. The zero-order valence-electron chi connectivity index (χ0n) is 8.40. The van der Waals surface area contributed by atoms with Gasteiger partial charge in [-0.3, -0.25) is 4.79 Å². The maximum atomic E-state index is 11.1. The second kappa shape index (κ2) is 3.81. The van der Waals surface area contributed by atoms with Crippen molar-refractivity contribution < 1.29 is 4.79 Å². The molecule has 1 aromatic rings. The Balaban J connectivity index is 2.30. The van der Waals surface area contributed by atoms with Gasteiger partial charge in [0.05, 0.1) is 4.47 Å². The molecular weight excluding hydrogens is 258 g/mol. The van der Waals surface area contributed by atoms with E-state index in [-0.39, 0.29) is 11.9 Å². The summed E-state index contributed by atoms with van der Waals surface area (Å²) in [7, 11) is 0. The molecule has 0 aliphatic carbocycles. The van der Waals surface area contributed by atoms with E-state index in [0.29, 0.717) is 0 Å². The Morgan fingerprint density at radius 3 is 2.93 bits per heavy atom. The lowest BCUT2D eigenvalue weighted by Crippen LogP contribution is -2.55. The minimum absolute atomic E-state index is 0.199. The Morgan fingerprint density at radius 1 is 1.67 bits per heavy atom. The number of carbonyl (C=O) groups excluding carboxylic acids is 1. The average Bonchev–Trinajstić information content (AvgIpc) is 2.08. The molecule has 1 amide bonds. The monoisotopic (exact) mass is 269 g/mol. The number of halogens is 1. The zero-order chi connectivity index (χ0) is 11.0. The molecule has 1 aromatic heterocycles. The van der Waals surface area contributed by atoms with Crippen molar-refractivity contribution in [3.8, 4) is 0 Å². The van der Waals surface area contributed by atoms with Crippen LogP contribution in [0.3, 0.4) is 0 Å². The van der Waals surface area contributed by atoms with E-state index in [1.54, 1.807) is 0 Å². The second-order valence-electron chi connectivity index (χ2n) is 3.66. The van der Waals surface area contributed by atoms with E-state index in [2.05, 4.69) is 20.9 Å². The average molecular weight is 270 g/mol. The number of primary amides is 1. The van der Waals surface area contributed by atoms with Gasteiger partial charge in [-0.05, 0) is 41.4 Å². The molecule has 0 saturated carbocycles. The number of hydrogen-bond acceptors (Lipinski definition) is 3. The maximum Gasteiger partial charge on any atom is 0.240 e. The lowest BCUT2D eigenvalue weighted by Gasteiger charge is -2.40. The Morgan fingerprint density at radius 2 is 2.40 bits per heavy atom. The van der Waals surface area contributed by atoms with Gasteiger partial charge in [-0.15, -0.1) is 0 Å². The minimum atomic E-state index is -0.281. The van der Waals surface area contributed by atoms with E-state index in [4.69, 9.17) is 5.73 Å². The third-order valence-electron chi connectivity index (χ3n) is 2.59. The molecule has 1 saturated heterocycles. The zero-order valence-corrected chi connectivity index (χ0v) is 9.99. The number of hydrogen-bond donors (Lipinski definition) is 1. The summed E-state index contributed by atoms with van der Waals surface area (Å²) in [5.41, 5.74) is 6.22. The summed E-state index contributed by atoms with van der Waals surface area (Å²) in [6, 6.07) is 3.66. The topological polar surface area (TPSA) is 59.2 Å². The molecule has 0 spiro atoms. The van der Waals surface area contributed by atoms with Crippen LogP contribution in [0.15, 0.2) is 16.6 Å². The molecule has 1 fully saturated rings. The van der Waals surface area contributed by atoms with E-state index >= 15 is 0 Å². The molecule has 2 heterocycles. The highest BCUT2D eigenvalue weighted by Crippen LogP contribution is 2.31. The predicted octanol–water partition coefficient (Wildman–Crippen LogP) is 1.22. The van der Waals surface area contributed by atoms with E-state index in [0.717, 1.165) is 29.0 Å². The summed E-state index contributed by atoms with van der Waals surface area (Å²) in [6.07, 6.45) is 0.817. The summed E-state index contributed by atoms with van der Waals surface area (Å²) < 4.78 is 0.902. The van der Waals surface area contributed by atoms with Crippen molar-refractivity contribution in [2.75, 3.05) is 11.4 Å². The first-order valence-electron chi connectivity index (χ1n) is 4.78. The van der Waals surface area contributed by atoms with Crippen molar-refractivity contribution in [3.05, 3.63) is 22.3 Å². The van der Waals surface area contributed by atoms with Gasteiger partial charge in [-0.2, -0.15) is 0 Å². The fourth-order valence-corrected chi connectivity index (χ4v) is 2.11. The molecule has 80 valence electrons. The Kier molecular flexibility index (Phi) is 2.65. The van der Waals surface area contributed by atoms with Gasteiger partial charge < -0.3 is 10.6 Å². The lowest BCUT2D eigenvalue weighted by atomic mass is 10.0. The predicted molar refractivity (Wildman–Crippen MR) is 61.6 cm³/mol. The molecule has 1 atom stereocenters. The van der Waals surface area contributed by atoms with Crippen LogP contribution in [0.1, 0.15) is 12.1 Å². The summed E-state index contributed by atoms with van der Waals surface area (Å²) in [5.74, 6) is 0.529. The van der Waals surface area contributed by atoms with Crippen LogP contribution >= 0.6 is 15.9 Å². The molecule has 4 nitrogen and oxygen atoms in total. The molecule has 15 heavy (non-hydrogen) atoms. The van der Waals surface area contributed by atoms with Crippen molar-refractivity contribution >= 4 is 27.7 Å².